The number of hydrogen-bond acceptors (Lipinski definition) is 4. The van der Waals surface area contributed by atoms with E-state index in [4.69, 9.17) is 4.74 Å². The fourth-order valence-corrected chi connectivity index (χ4v) is 3.74. The van der Waals surface area contributed by atoms with Crippen LogP contribution in [0.15, 0.2) is 48.0 Å². The third-order valence-corrected chi connectivity index (χ3v) is 5.43. The van der Waals surface area contributed by atoms with E-state index in [9.17, 15) is 14.7 Å². The molecular weight excluding hydrogens is 378 g/mol. The molecule has 30 heavy (non-hydrogen) atoms. The van der Waals surface area contributed by atoms with Crippen molar-refractivity contribution in [3.8, 4) is 5.75 Å². The maximum atomic E-state index is 13.0. The number of Topliss-reactive ketones (excluding diaryl/α,β-unsaturated/α-hetero) is 1. The highest BCUT2D eigenvalue weighted by Gasteiger charge is 2.45. The minimum absolute atomic E-state index is 0.129. The minimum Gasteiger partial charge on any atom is -0.507 e. The molecule has 158 valence electrons. The van der Waals surface area contributed by atoms with Gasteiger partial charge in [0.25, 0.3) is 11.7 Å². The van der Waals surface area contributed by atoms with Gasteiger partial charge >= 0.3 is 0 Å². The summed E-state index contributed by atoms with van der Waals surface area (Å²) in [5, 5.41) is 11.1. The van der Waals surface area contributed by atoms with E-state index in [2.05, 4.69) is 0 Å². The van der Waals surface area contributed by atoms with Crippen LogP contribution >= 0.6 is 0 Å². The number of ketones is 1. The van der Waals surface area contributed by atoms with Gasteiger partial charge in [-0.25, -0.2) is 0 Å². The molecule has 0 aromatic heterocycles. The molecule has 1 amide bonds. The second-order valence-electron chi connectivity index (χ2n) is 7.71. The van der Waals surface area contributed by atoms with Crippen LogP contribution in [0.1, 0.15) is 55.0 Å². The standard InChI is InChI=1S/C25H29NO4/c1-5-12-26-22(18-8-7-9-20(15-18)30-13-6-2)21(24(28)25(26)29)23(27)19-11-10-16(3)17(4)14-19/h7-11,14-15,22,27H,5-6,12-13H2,1-4H3/b23-21-. The van der Waals surface area contributed by atoms with Gasteiger partial charge in [-0.3, -0.25) is 9.59 Å². The number of aliphatic hydroxyl groups excluding tert-OH is 1. The van der Waals surface area contributed by atoms with Gasteiger partial charge in [-0.15, -0.1) is 0 Å². The Bertz CT molecular complexity index is 992. The first-order valence-electron chi connectivity index (χ1n) is 10.5. The Hall–Kier alpha value is -3.08. The van der Waals surface area contributed by atoms with Crippen LogP contribution in [0.2, 0.25) is 0 Å². The first-order chi connectivity index (χ1) is 14.4. The predicted octanol–water partition coefficient (Wildman–Crippen LogP) is 4.92. The molecule has 0 bridgehead atoms. The van der Waals surface area contributed by atoms with Gasteiger partial charge in [0.1, 0.15) is 11.5 Å². The molecule has 3 rings (SSSR count). The summed E-state index contributed by atoms with van der Waals surface area (Å²) in [6.07, 6.45) is 1.59. The molecule has 1 saturated heterocycles. The number of carbonyl (C=O) groups excluding carboxylic acids is 2. The highest BCUT2D eigenvalue weighted by molar-refractivity contribution is 6.46. The zero-order chi connectivity index (χ0) is 21.8. The third-order valence-electron chi connectivity index (χ3n) is 5.43. The smallest absolute Gasteiger partial charge is 0.295 e. The largest absolute Gasteiger partial charge is 0.507 e. The van der Waals surface area contributed by atoms with Crippen molar-refractivity contribution in [2.45, 2.75) is 46.6 Å². The summed E-state index contributed by atoms with van der Waals surface area (Å²) in [6, 6.07) is 12.3. The summed E-state index contributed by atoms with van der Waals surface area (Å²) in [5.41, 5.74) is 3.52. The molecular formula is C25H29NO4. The molecule has 5 nitrogen and oxygen atoms in total. The maximum absolute atomic E-state index is 13.0. The molecule has 1 N–H and O–H groups in total. The quantitative estimate of drug-likeness (QED) is 0.402. The van der Waals surface area contributed by atoms with Crippen molar-refractivity contribution in [1.82, 2.24) is 4.90 Å². The van der Waals surface area contributed by atoms with Crippen LogP contribution in [0, 0.1) is 13.8 Å². The Kier molecular flexibility index (Phi) is 6.60. The van der Waals surface area contributed by atoms with Crippen molar-refractivity contribution in [3.05, 3.63) is 70.3 Å². The van der Waals surface area contributed by atoms with Gasteiger partial charge in [-0.2, -0.15) is 0 Å². The predicted molar refractivity (Wildman–Crippen MR) is 117 cm³/mol. The van der Waals surface area contributed by atoms with Gasteiger partial charge in [0, 0.05) is 12.1 Å². The number of hydrogen-bond donors (Lipinski definition) is 1. The molecule has 0 saturated carbocycles. The number of likely N-dealkylation sites (tertiary alicyclic amines) is 1. The summed E-state index contributed by atoms with van der Waals surface area (Å²) < 4.78 is 5.75. The summed E-state index contributed by atoms with van der Waals surface area (Å²) in [4.78, 5) is 27.3. The molecule has 0 radical (unpaired) electrons. The van der Waals surface area contributed by atoms with Crippen LogP contribution in [-0.4, -0.2) is 34.8 Å². The topological polar surface area (TPSA) is 66.8 Å². The molecule has 1 unspecified atom stereocenters. The van der Waals surface area contributed by atoms with Gasteiger partial charge in [-0.1, -0.05) is 38.1 Å². The molecule has 1 aliphatic heterocycles. The van der Waals surface area contributed by atoms with E-state index in [1.54, 1.807) is 11.0 Å². The number of benzene rings is 2. The highest BCUT2D eigenvalue weighted by atomic mass is 16.5. The lowest BCUT2D eigenvalue weighted by Crippen LogP contribution is -2.30. The lowest BCUT2D eigenvalue weighted by atomic mass is 9.94. The molecule has 1 fully saturated rings. The van der Waals surface area contributed by atoms with Crippen LogP contribution < -0.4 is 4.74 Å². The number of rotatable bonds is 7. The molecule has 1 aliphatic rings. The number of ether oxygens (including phenoxy) is 1. The average molecular weight is 408 g/mol. The summed E-state index contributed by atoms with van der Waals surface area (Å²) >= 11 is 0. The second-order valence-corrected chi connectivity index (χ2v) is 7.71. The van der Waals surface area contributed by atoms with Gasteiger partial charge in [0.05, 0.1) is 18.2 Å². The molecule has 5 heteroatoms. The van der Waals surface area contributed by atoms with Crippen molar-refractivity contribution in [1.29, 1.82) is 0 Å². The normalized spacial score (nSPS) is 18.1. The fourth-order valence-electron chi connectivity index (χ4n) is 3.74. The summed E-state index contributed by atoms with van der Waals surface area (Å²) in [6.45, 7) is 8.94. The number of amides is 1. The highest BCUT2D eigenvalue weighted by Crippen LogP contribution is 2.40. The van der Waals surface area contributed by atoms with Crippen molar-refractivity contribution < 1.29 is 19.4 Å². The maximum Gasteiger partial charge on any atom is 0.295 e. The molecule has 1 atom stereocenters. The van der Waals surface area contributed by atoms with E-state index in [-0.39, 0.29) is 11.3 Å². The van der Waals surface area contributed by atoms with E-state index >= 15 is 0 Å². The zero-order valence-corrected chi connectivity index (χ0v) is 18.1. The van der Waals surface area contributed by atoms with E-state index in [0.29, 0.717) is 30.9 Å². The number of aryl methyl sites for hydroxylation is 2. The number of carbonyl (C=O) groups is 2. The lowest BCUT2D eigenvalue weighted by Gasteiger charge is -2.25. The average Bonchev–Trinajstić information content (AvgIpc) is 2.99. The van der Waals surface area contributed by atoms with Crippen LogP contribution in [-0.2, 0) is 9.59 Å². The molecule has 0 spiro atoms. The monoisotopic (exact) mass is 407 g/mol. The minimum atomic E-state index is -0.649. The first kappa shape index (κ1) is 21.6. The van der Waals surface area contributed by atoms with Gasteiger partial charge in [0.15, 0.2) is 0 Å². The van der Waals surface area contributed by atoms with Crippen LogP contribution in [0.3, 0.4) is 0 Å². The van der Waals surface area contributed by atoms with E-state index in [1.165, 1.54) is 0 Å². The van der Waals surface area contributed by atoms with Crippen molar-refractivity contribution >= 4 is 17.4 Å². The van der Waals surface area contributed by atoms with Gasteiger partial charge < -0.3 is 14.7 Å². The van der Waals surface area contributed by atoms with Crippen molar-refractivity contribution in [3.63, 3.8) is 0 Å². The first-order valence-corrected chi connectivity index (χ1v) is 10.5. The molecule has 1 heterocycles. The van der Waals surface area contributed by atoms with Crippen molar-refractivity contribution in [2.24, 2.45) is 0 Å². The number of nitrogens with zero attached hydrogens (tertiary/aromatic N) is 1. The van der Waals surface area contributed by atoms with E-state index in [1.807, 2.05) is 64.1 Å². The SMILES string of the molecule is CCCOc1cccc(C2/C(=C(/O)c3ccc(C)c(C)c3)C(=O)C(=O)N2CCC)c1. The molecule has 2 aromatic rings. The van der Waals surface area contributed by atoms with Gasteiger partial charge in [0.2, 0.25) is 0 Å². The third kappa shape index (κ3) is 4.11. The van der Waals surface area contributed by atoms with E-state index in [0.717, 1.165) is 23.1 Å². The Balaban J connectivity index is 2.15. The Morgan fingerprint density at radius 1 is 1.03 bits per heavy atom. The lowest BCUT2D eigenvalue weighted by molar-refractivity contribution is -0.139. The Morgan fingerprint density at radius 2 is 1.80 bits per heavy atom. The summed E-state index contributed by atoms with van der Waals surface area (Å²) in [5.74, 6) is -0.682. The summed E-state index contributed by atoms with van der Waals surface area (Å²) in [7, 11) is 0. The fraction of sp³-hybridized carbons (Fsp3) is 0.360. The van der Waals surface area contributed by atoms with E-state index < -0.39 is 17.7 Å². The number of aliphatic hydroxyl groups is 1. The molecule has 2 aromatic carbocycles. The van der Waals surface area contributed by atoms with Crippen molar-refractivity contribution in [2.75, 3.05) is 13.2 Å². The van der Waals surface area contributed by atoms with Crippen LogP contribution in [0.4, 0.5) is 0 Å². The second kappa shape index (κ2) is 9.16. The van der Waals surface area contributed by atoms with Crippen LogP contribution in [0.5, 0.6) is 5.75 Å². The van der Waals surface area contributed by atoms with Crippen LogP contribution in [0.25, 0.3) is 5.76 Å². The Morgan fingerprint density at radius 3 is 2.47 bits per heavy atom. The zero-order valence-electron chi connectivity index (χ0n) is 18.1. The molecule has 0 aliphatic carbocycles. The van der Waals surface area contributed by atoms with Gasteiger partial charge in [-0.05, 0) is 61.6 Å². The Labute approximate surface area is 178 Å².